The van der Waals surface area contributed by atoms with Crippen LogP contribution in [0.3, 0.4) is 0 Å². The molecule has 29 heavy (non-hydrogen) atoms. The number of carbonyl (C=O) groups is 3. The monoisotopic (exact) mass is 422 g/mol. The lowest BCUT2D eigenvalue weighted by molar-refractivity contribution is -0.127. The molecule has 3 rings (SSSR count). The van der Waals surface area contributed by atoms with E-state index in [1.54, 1.807) is 29.8 Å². The van der Waals surface area contributed by atoms with Gasteiger partial charge in [-0.05, 0) is 39.2 Å². The van der Waals surface area contributed by atoms with Gasteiger partial charge in [0.05, 0.1) is 35.0 Å². The number of aliphatic hydroxyl groups is 1. The fraction of sp³-hybridized carbons (Fsp3) is 0.474. The number of hydrogen-bond acceptors (Lipinski definition) is 6. The molecule has 2 aromatic rings. The Balaban J connectivity index is 0.000000941. The predicted molar refractivity (Wildman–Crippen MR) is 108 cm³/mol. The van der Waals surface area contributed by atoms with Gasteiger partial charge in [0.1, 0.15) is 0 Å². The quantitative estimate of drug-likeness (QED) is 0.460. The smallest absolute Gasteiger partial charge is 0.290 e. The van der Waals surface area contributed by atoms with Crippen molar-refractivity contribution in [2.45, 2.75) is 51.8 Å². The summed E-state index contributed by atoms with van der Waals surface area (Å²) in [5, 5.41) is 24.0. The zero-order valence-corrected chi connectivity index (χ0v) is 17.2. The Morgan fingerprint density at radius 1 is 1.38 bits per heavy atom. The lowest BCUT2D eigenvalue weighted by atomic mass is 9.83. The minimum absolute atomic E-state index is 0.0510. The summed E-state index contributed by atoms with van der Waals surface area (Å²) in [5.74, 6) is -0.501. The van der Waals surface area contributed by atoms with E-state index in [9.17, 15) is 14.7 Å². The van der Waals surface area contributed by atoms with E-state index in [1.165, 1.54) is 0 Å². The molecule has 0 bridgehead atoms. The third-order valence-corrected chi connectivity index (χ3v) is 5.86. The van der Waals surface area contributed by atoms with Crippen molar-refractivity contribution in [2.75, 3.05) is 0 Å². The second kappa shape index (κ2) is 10.7. The molecule has 0 aromatic carbocycles. The molecule has 0 unspecified atom stereocenters. The van der Waals surface area contributed by atoms with Crippen LogP contribution in [-0.4, -0.2) is 50.6 Å². The number of aromatic amines is 1. The molecule has 1 saturated carbocycles. The van der Waals surface area contributed by atoms with Gasteiger partial charge in [0.2, 0.25) is 5.91 Å². The number of aliphatic hydroxyl groups excluding tert-OH is 1. The molecule has 1 aliphatic rings. The highest BCUT2D eigenvalue weighted by Crippen LogP contribution is 2.26. The first-order valence-corrected chi connectivity index (χ1v) is 10.1. The first kappa shape index (κ1) is 22.6. The van der Waals surface area contributed by atoms with Gasteiger partial charge in [0.25, 0.3) is 12.4 Å². The molecule has 0 spiro atoms. The molecule has 0 radical (unpaired) electrons. The summed E-state index contributed by atoms with van der Waals surface area (Å²) in [6.45, 7) is 4.10. The Kier molecular flexibility index (Phi) is 8.34. The van der Waals surface area contributed by atoms with Crippen molar-refractivity contribution < 1.29 is 24.6 Å². The average molecular weight is 423 g/mol. The number of amides is 2. The van der Waals surface area contributed by atoms with E-state index in [1.807, 2.05) is 13.8 Å². The molecule has 5 N–H and O–H groups in total. The third kappa shape index (κ3) is 6.40. The van der Waals surface area contributed by atoms with Gasteiger partial charge in [-0.25, -0.2) is 4.98 Å². The Hall–Kier alpha value is -2.72. The average Bonchev–Trinajstić information content (AvgIpc) is 3.31. The van der Waals surface area contributed by atoms with Crippen LogP contribution in [0, 0.1) is 19.8 Å². The number of nitrogens with zero attached hydrogens (tertiary/aromatic N) is 1. The largest absolute Gasteiger partial charge is 0.483 e. The number of rotatable bonds is 5. The van der Waals surface area contributed by atoms with Crippen LogP contribution in [0.25, 0.3) is 0 Å². The molecule has 1 aliphatic carbocycles. The summed E-state index contributed by atoms with van der Waals surface area (Å²) in [6.07, 6.45) is 4.14. The summed E-state index contributed by atoms with van der Waals surface area (Å²) in [7, 11) is 0. The maximum absolute atomic E-state index is 12.4. The topological polar surface area (TPSA) is 144 Å². The molecule has 3 atom stereocenters. The van der Waals surface area contributed by atoms with Crippen LogP contribution >= 0.6 is 11.3 Å². The van der Waals surface area contributed by atoms with Crippen molar-refractivity contribution in [1.82, 2.24) is 20.6 Å². The van der Waals surface area contributed by atoms with Crippen LogP contribution in [0.5, 0.6) is 0 Å². The maximum Gasteiger partial charge on any atom is 0.290 e. The van der Waals surface area contributed by atoms with Crippen LogP contribution in [0.2, 0.25) is 0 Å². The summed E-state index contributed by atoms with van der Waals surface area (Å²) in [5.41, 5.74) is 1.48. The van der Waals surface area contributed by atoms with Crippen molar-refractivity contribution >= 4 is 29.6 Å². The molecule has 10 heteroatoms. The first-order valence-electron chi connectivity index (χ1n) is 9.25. The minimum Gasteiger partial charge on any atom is -0.483 e. The van der Waals surface area contributed by atoms with Gasteiger partial charge in [0, 0.05) is 23.2 Å². The van der Waals surface area contributed by atoms with E-state index in [-0.39, 0.29) is 30.2 Å². The van der Waals surface area contributed by atoms with E-state index in [0.29, 0.717) is 31.4 Å². The zero-order valence-electron chi connectivity index (χ0n) is 16.3. The van der Waals surface area contributed by atoms with Gasteiger partial charge >= 0.3 is 0 Å². The molecule has 2 heterocycles. The molecule has 0 aliphatic heterocycles. The minimum atomic E-state index is -0.727. The Labute approximate surface area is 172 Å². The summed E-state index contributed by atoms with van der Waals surface area (Å²) in [4.78, 5) is 41.1. The SMILES string of the molecule is Cc1nc(C)c(CNC(=O)[C@H]2CC[C@@H](NC(=O)c3cc[nH]c3)[C@H](O)C2)s1.O=CO. The second-order valence-electron chi connectivity index (χ2n) is 6.82. The fourth-order valence-electron chi connectivity index (χ4n) is 3.32. The predicted octanol–water partition coefficient (Wildman–Crippen LogP) is 1.36. The first-order chi connectivity index (χ1) is 13.8. The third-order valence-electron chi connectivity index (χ3n) is 4.79. The highest BCUT2D eigenvalue weighted by Gasteiger charge is 2.33. The summed E-state index contributed by atoms with van der Waals surface area (Å²) < 4.78 is 0. The van der Waals surface area contributed by atoms with Crippen LogP contribution in [0.1, 0.15) is 45.2 Å². The molecule has 2 aromatic heterocycles. The van der Waals surface area contributed by atoms with Crippen molar-refractivity contribution in [3.8, 4) is 0 Å². The molecule has 0 saturated heterocycles. The zero-order chi connectivity index (χ0) is 21.4. The molecule has 158 valence electrons. The molecule has 2 amide bonds. The van der Waals surface area contributed by atoms with E-state index >= 15 is 0 Å². The van der Waals surface area contributed by atoms with Crippen molar-refractivity contribution in [3.05, 3.63) is 39.6 Å². The van der Waals surface area contributed by atoms with Crippen LogP contribution in [-0.2, 0) is 16.1 Å². The maximum atomic E-state index is 12.4. The number of carbonyl (C=O) groups excluding carboxylic acids is 2. The normalized spacial score (nSPS) is 20.9. The summed E-state index contributed by atoms with van der Waals surface area (Å²) >= 11 is 1.58. The van der Waals surface area contributed by atoms with Gasteiger partial charge in [-0.1, -0.05) is 0 Å². The van der Waals surface area contributed by atoms with E-state index in [2.05, 4.69) is 20.6 Å². The van der Waals surface area contributed by atoms with Gasteiger partial charge in [0.15, 0.2) is 0 Å². The van der Waals surface area contributed by atoms with Crippen molar-refractivity contribution in [2.24, 2.45) is 5.92 Å². The van der Waals surface area contributed by atoms with E-state index in [0.717, 1.165) is 15.6 Å². The summed E-state index contributed by atoms with van der Waals surface area (Å²) in [6, 6.07) is 1.36. The lowest BCUT2D eigenvalue weighted by Crippen LogP contribution is -2.48. The number of thiazole rings is 1. The molecular weight excluding hydrogens is 396 g/mol. The number of nitrogens with one attached hydrogen (secondary N) is 3. The Morgan fingerprint density at radius 3 is 2.66 bits per heavy atom. The van der Waals surface area contributed by atoms with Gasteiger partial charge < -0.3 is 25.8 Å². The molecule has 1 fully saturated rings. The van der Waals surface area contributed by atoms with Gasteiger partial charge in [-0.3, -0.25) is 14.4 Å². The van der Waals surface area contributed by atoms with Crippen LogP contribution in [0.15, 0.2) is 18.5 Å². The van der Waals surface area contributed by atoms with Gasteiger partial charge in [-0.2, -0.15) is 0 Å². The van der Waals surface area contributed by atoms with Crippen molar-refractivity contribution in [3.63, 3.8) is 0 Å². The molecular formula is C19H26N4O5S. The van der Waals surface area contributed by atoms with Crippen LogP contribution in [0.4, 0.5) is 0 Å². The van der Waals surface area contributed by atoms with Crippen LogP contribution < -0.4 is 10.6 Å². The number of aryl methyl sites for hydroxylation is 2. The number of hydrogen-bond donors (Lipinski definition) is 5. The Morgan fingerprint density at radius 2 is 2.10 bits per heavy atom. The van der Waals surface area contributed by atoms with Crippen molar-refractivity contribution in [1.29, 1.82) is 0 Å². The lowest BCUT2D eigenvalue weighted by Gasteiger charge is -2.32. The second-order valence-corrected chi connectivity index (χ2v) is 8.11. The van der Waals surface area contributed by atoms with Gasteiger partial charge in [-0.15, -0.1) is 11.3 Å². The highest BCUT2D eigenvalue weighted by atomic mass is 32.1. The van der Waals surface area contributed by atoms with E-state index < -0.39 is 6.10 Å². The standard InChI is InChI=1S/C18H24N4O3S.CH2O2/c1-10-16(26-11(2)21-10)9-20-17(24)12-3-4-14(15(23)7-12)22-18(25)13-5-6-19-8-13;2-1-3/h5-6,8,12,14-15,19,23H,3-4,7,9H2,1-2H3,(H,20,24)(H,22,25);1H,(H,2,3)/t12-,14+,15+;/m0./s1. The number of carboxylic acid groups (broad SMARTS) is 1. The number of aromatic nitrogens is 2. The number of H-pyrrole nitrogens is 1. The molecule has 9 nitrogen and oxygen atoms in total. The highest BCUT2D eigenvalue weighted by molar-refractivity contribution is 7.11. The fourth-order valence-corrected chi connectivity index (χ4v) is 4.20. The van der Waals surface area contributed by atoms with E-state index in [4.69, 9.17) is 9.90 Å². The Bertz CT molecular complexity index is 821.